The molecule has 3 rings (SSSR count). The SMILES string of the molecule is Cc1cnc(-c2cc(OC[C@H]3CN(C)C(=O)CO3)cc(C(=O)O)c2)s1. The van der Waals surface area contributed by atoms with Crippen molar-refractivity contribution in [2.24, 2.45) is 0 Å². The van der Waals surface area contributed by atoms with E-state index in [2.05, 4.69) is 4.98 Å². The number of carboxylic acids is 1. The molecule has 0 spiro atoms. The normalized spacial score (nSPS) is 17.6. The predicted octanol–water partition coefficient (Wildman–Crippen LogP) is 2.05. The lowest BCUT2D eigenvalue weighted by molar-refractivity contribution is -0.148. The van der Waals surface area contributed by atoms with Crippen LogP contribution in [-0.2, 0) is 9.53 Å². The number of benzene rings is 1. The fourth-order valence-corrected chi connectivity index (χ4v) is 3.22. The molecule has 1 N–H and O–H groups in total. The first-order valence-corrected chi connectivity index (χ1v) is 8.53. The number of hydrogen-bond acceptors (Lipinski definition) is 6. The Kier molecular flexibility index (Phi) is 5.00. The van der Waals surface area contributed by atoms with E-state index in [9.17, 15) is 14.7 Å². The highest BCUT2D eigenvalue weighted by Gasteiger charge is 2.24. The number of aromatic carboxylic acids is 1. The van der Waals surface area contributed by atoms with Crippen LogP contribution in [0.2, 0.25) is 0 Å². The van der Waals surface area contributed by atoms with E-state index in [4.69, 9.17) is 9.47 Å². The van der Waals surface area contributed by atoms with E-state index in [1.807, 2.05) is 6.92 Å². The molecule has 2 heterocycles. The van der Waals surface area contributed by atoms with E-state index in [0.717, 1.165) is 9.88 Å². The maximum Gasteiger partial charge on any atom is 0.335 e. The Morgan fingerprint density at radius 1 is 1.48 bits per heavy atom. The number of nitrogens with zero attached hydrogens (tertiary/aromatic N) is 2. The largest absolute Gasteiger partial charge is 0.491 e. The maximum atomic E-state index is 11.4. The molecular weight excluding hydrogens is 344 g/mol. The highest BCUT2D eigenvalue weighted by Crippen LogP contribution is 2.29. The van der Waals surface area contributed by atoms with E-state index in [1.165, 1.54) is 17.4 Å². The number of rotatable bonds is 5. The lowest BCUT2D eigenvalue weighted by Crippen LogP contribution is -2.46. The van der Waals surface area contributed by atoms with Gasteiger partial charge in [-0.15, -0.1) is 11.3 Å². The number of hydrogen-bond donors (Lipinski definition) is 1. The van der Waals surface area contributed by atoms with Crippen molar-refractivity contribution < 1.29 is 24.2 Å². The van der Waals surface area contributed by atoms with Gasteiger partial charge in [-0.1, -0.05) is 0 Å². The van der Waals surface area contributed by atoms with Crippen LogP contribution in [0.4, 0.5) is 0 Å². The van der Waals surface area contributed by atoms with Gasteiger partial charge < -0.3 is 19.5 Å². The van der Waals surface area contributed by atoms with E-state index in [1.54, 1.807) is 30.3 Å². The summed E-state index contributed by atoms with van der Waals surface area (Å²) in [5.74, 6) is -0.657. The standard InChI is InChI=1S/C17H18N2O5S/c1-10-6-18-16(25-10)11-3-12(17(21)22)5-13(4-11)23-8-14-7-19(2)15(20)9-24-14/h3-6,14H,7-9H2,1-2H3,(H,21,22)/t14-/m1/s1. The molecule has 8 heteroatoms. The zero-order valence-corrected chi connectivity index (χ0v) is 14.7. The molecule has 1 aromatic carbocycles. The van der Waals surface area contributed by atoms with Crippen LogP contribution in [0.25, 0.3) is 10.6 Å². The minimum absolute atomic E-state index is 0.0311. The number of likely N-dealkylation sites (N-methyl/N-ethyl adjacent to an activating group) is 1. The van der Waals surface area contributed by atoms with Gasteiger partial charge in [-0.05, 0) is 25.1 Å². The maximum absolute atomic E-state index is 11.4. The molecule has 0 aliphatic carbocycles. The summed E-state index contributed by atoms with van der Waals surface area (Å²) in [6, 6.07) is 4.82. The number of aryl methyl sites for hydroxylation is 1. The first kappa shape index (κ1) is 17.4. The van der Waals surface area contributed by atoms with Gasteiger partial charge in [0.05, 0.1) is 5.56 Å². The van der Waals surface area contributed by atoms with E-state index >= 15 is 0 Å². The van der Waals surface area contributed by atoms with Crippen molar-refractivity contribution in [3.8, 4) is 16.3 Å². The lowest BCUT2D eigenvalue weighted by Gasteiger charge is -2.29. The Labute approximate surface area is 148 Å². The number of morpholine rings is 1. The van der Waals surface area contributed by atoms with Crippen molar-refractivity contribution in [3.63, 3.8) is 0 Å². The Hall–Kier alpha value is -2.45. The van der Waals surface area contributed by atoms with Gasteiger partial charge in [-0.25, -0.2) is 9.78 Å². The molecule has 1 aromatic heterocycles. The molecule has 0 bridgehead atoms. The Balaban J connectivity index is 1.77. The second-order valence-electron chi connectivity index (χ2n) is 5.85. The molecule has 1 fully saturated rings. The highest BCUT2D eigenvalue weighted by atomic mass is 32.1. The van der Waals surface area contributed by atoms with Crippen molar-refractivity contribution in [3.05, 3.63) is 34.8 Å². The van der Waals surface area contributed by atoms with Gasteiger partial charge in [0.2, 0.25) is 5.91 Å². The predicted molar refractivity (Wildman–Crippen MR) is 92.1 cm³/mol. The van der Waals surface area contributed by atoms with E-state index < -0.39 is 5.97 Å². The molecule has 0 radical (unpaired) electrons. The van der Waals surface area contributed by atoms with Crippen LogP contribution in [0.1, 0.15) is 15.2 Å². The number of carboxylic acid groups (broad SMARTS) is 1. The number of carbonyl (C=O) groups is 2. The van der Waals surface area contributed by atoms with Gasteiger partial charge in [-0.3, -0.25) is 4.79 Å². The third-order valence-corrected chi connectivity index (χ3v) is 4.77. The molecule has 0 saturated carbocycles. The van der Waals surface area contributed by atoms with Crippen molar-refractivity contribution in [1.29, 1.82) is 0 Å². The van der Waals surface area contributed by atoms with Gasteiger partial charge >= 0.3 is 5.97 Å². The van der Waals surface area contributed by atoms with E-state index in [0.29, 0.717) is 17.9 Å². The molecule has 25 heavy (non-hydrogen) atoms. The molecule has 0 unspecified atom stereocenters. The minimum Gasteiger partial charge on any atom is -0.491 e. The van der Waals surface area contributed by atoms with Crippen LogP contribution in [0.5, 0.6) is 5.75 Å². The molecular formula is C17H18N2O5S. The van der Waals surface area contributed by atoms with Crippen LogP contribution >= 0.6 is 11.3 Å². The van der Waals surface area contributed by atoms with Gasteiger partial charge in [-0.2, -0.15) is 0 Å². The smallest absolute Gasteiger partial charge is 0.335 e. The molecule has 132 valence electrons. The molecule has 1 amide bonds. The third-order valence-electron chi connectivity index (χ3n) is 3.80. The van der Waals surface area contributed by atoms with Gasteiger partial charge in [0.15, 0.2) is 0 Å². The summed E-state index contributed by atoms with van der Waals surface area (Å²) in [7, 11) is 1.71. The zero-order chi connectivity index (χ0) is 18.0. The summed E-state index contributed by atoms with van der Waals surface area (Å²) in [6.07, 6.45) is 1.50. The third kappa shape index (κ3) is 4.15. The van der Waals surface area contributed by atoms with Gasteiger partial charge in [0.25, 0.3) is 0 Å². The topological polar surface area (TPSA) is 89.0 Å². The molecule has 1 atom stereocenters. The average molecular weight is 362 g/mol. The lowest BCUT2D eigenvalue weighted by atomic mass is 10.1. The Bertz CT molecular complexity index is 804. The Morgan fingerprint density at radius 3 is 2.92 bits per heavy atom. The van der Waals surface area contributed by atoms with Crippen LogP contribution in [-0.4, -0.2) is 59.8 Å². The molecule has 1 saturated heterocycles. The van der Waals surface area contributed by atoms with Crippen molar-refractivity contribution in [1.82, 2.24) is 9.88 Å². The second kappa shape index (κ2) is 7.20. The summed E-state index contributed by atoms with van der Waals surface area (Å²) >= 11 is 1.49. The van der Waals surface area contributed by atoms with Crippen LogP contribution in [0, 0.1) is 6.92 Å². The van der Waals surface area contributed by atoms with Crippen LogP contribution in [0.15, 0.2) is 24.4 Å². The van der Waals surface area contributed by atoms with Crippen LogP contribution < -0.4 is 4.74 Å². The second-order valence-corrected chi connectivity index (χ2v) is 7.08. The number of aromatic nitrogens is 1. The summed E-state index contributed by atoms with van der Waals surface area (Å²) in [5.41, 5.74) is 0.835. The molecule has 7 nitrogen and oxygen atoms in total. The summed E-state index contributed by atoms with van der Waals surface area (Å²) in [6.45, 7) is 2.65. The van der Waals surface area contributed by atoms with Crippen molar-refractivity contribution in [2.75, 3.05) is 26.8 Å². The van der Waals surface area contributed by atoms with Gasteiger partial charge in [0.1, 0.15) is 30.1 Å². The van der Waals surface area contributed by atoms with Crippen molar-refractivity contribution in [2.45, 2.75) is 13.0 Å². The fourth-order valence-electron chi connectivity index (χ4n) is 2.47. The number of amides is 1. The molecule has 1 aliphatic rings. The first-order chi connectivity index (χ1) is 11.9. The monoisotopic (exact) mass is 362 g/mol. The molecule has 2 aromatic rings. The van der Waals surface area contributed by atoms with Crippen molar-refractivity contribution >= 4 is 23.2 Å². The summed E-state index contributed by atoms with van der Waals surface area (Å²) in [5, 5.41) is 10.1. The number of ether oxygens (including phenoxy) is 2. The van der Waals surface area contributed by atoms with Gasteiger partial charge in [0, 0.05) is 30.2 Å². The van der Waals surface area contributed by atoms with Crippen LogP contribution in [0.3, 0.4) is 0 Å². The zero-order valence-electron chi connectivity index (χ0n) is 13.9. The number of carbonyl (C=O) groups excluding carboxylic acids is 1. The summed E-state index contributed by atoms with van der Waals surface area (Å²) < 4.78 is 11.2. The molecule has 1 aliphatic heterocycles. The quantitative estimate of drug-likeness (QED) is 0.876. The average Bonchev–Trinajstić information content (AvgIpc) is 3.02. The number of thiazole rings is 1. The highest BCUT2D eigenvalue weighted by molar-refractivity contribution is 7.14. The summed E-state index contributed by atoms with van der Waals surface area (Å²) in [4.78, 5) is 29.7. The van der Waals surface area contributed by atoms with E-state index in [-0.39, 0.29) is 30.8 Å². The minimum atomic E-state index is -1.03. The Morgan fingerprint density at radius 2 is 2.28 bits per heavy atom. The fraction of sp³-hybridized carbons (Fsp3) is 0.353. The first-order valence-electron chi connectivity index (χ1n) is 7.72.